The summed E-state index contributed by atoms with van der Waals surface area (Å²) in [7, 11) is -5.14. The van der Waals surface area contributed by atoms with Crippen LogP contribution in [0.2, 0.25) is 0 Å². The molecule has 0 bridgehead atoms. The number of ketones is 1. The van der Waals surface area contributed by atoms with Crippen LogP contribution in [0.1, 0.15) is 12.8 Å². The first-order chi connectivity index (χ1) is 10.4. The Morgan fingerprint density at radius 2 is 1.57 bits per heavy atom. The second kappa shape index (κ2) is 8.52. The van der Waals surface area contributed by atoms with Crippen molar-refractivity contribution >= 4 is 33.7 Å². The van der Waals surface area contributed by atoms with E-state index in [-0.39, 0.29) is 0 Å². The zero-order chi connectivity index (χ0) is 18.4. The van der Waals surface area contributed by atoms with Crippen molar-refractivity contribution in [2.24, 2.45) is 11.5 Å². The molecule has 3 atom stereocenters. The summed E-state index contributed by atoms with van der Waals surface area (Å²) in [4.78, 5) is 44.2. The van der Waals surface area contributed by atoms with Crippen molar-refractivity contribution in [1.29, 1.82) is 0 Å². The first kappa shape index (κ1) is 20.9. The molecular formula is C10H17N3O9S. The van der Waals surface area contributed by atoms with Gasteiger partial charge in [-0.05, 0) is 6.42 Å². The Labute approximate surface area is 130 Å². The summed E-state index contributed by atoms with van der Waals surface area (Å²) in [6, 6.07) is -3.72. The molecule has 1 unspecified atom stereocenters. The standard InChI is InChI=1S/C10H17N3O9S/c11-4(1-2-5(14)15)8(18)9(23(20,21)22)7(12)10(19)13-3-6(16)17/h4,7,9H,1-3,11-12H2,(H,13,19)(H,14,15)(H,16,17)(H,20,21,22)/t4-,7-,9?/m0/s1. The van der Waals surface area contributed by atoms with Crippen LogP contribution in [0.25, 0.3) is 0 Å². The number of carboxylic acids is 2. The number of aliphatic carboxylic acids is 2. The highest BCUT2D eigenvalue weighted by Gasteiger charge is 2.42. The summed E-state index contributed by atoms with van der Waals surface area (Å²) < 4.78 is 31.6. The molecule has 0 radical (unpaired) electrons. The minimum Gasteiger partial charge on any atom is -0.481 e. The fourth-order valence-corrected chi connectivity index (χ4v) is 2.52. The van der Waals surface area contributed by atoms with Gasteiger partial charge >= 0.3 is 11.9 Å². The van der Waals surface area contributed by atoms with Gasteiger partial charge in [-0.25, -0.2) is 0 Å². The third-order valence-electron chi connectivity index (χ3n) is 2.68. The van der Waals surface area contributed by atoms with Crippen LogP contribution in [0.3, 0.4) is 0 Å². The van der Waals surface area contributed by atoms with Crippen molar-refractivity contribution in [2.45, 2.75) is 30.2 Å². The molecule has 0 spiro atoms. The highest BCUT2D eigenvalue weighted by Crippen LogP contribution is 2.10. The molecule has 23 heavy (non-hydrogen) atoms. The molecule has 0 aromatic carbocycles. The summed E-state index contributed by atoms with van der Waals surface area (Å²) in [5.74, 6) is -5.40. The quantitative estimate of drug-likeness (QED) is 0.211. The molecule has 132 valence electrons. The van der Waals surface area contributed by atoms with Gasteiger partial charge in [-0.15, -0.1) is 0 Å². The molecule has 0 fully saturated rings. The van der Waals surface area contributed by atoms with Crippen LogP contribution < -0.4 is 16.8 Å². The molecule has 0 aliphatic rings. The number of carbonyl (C=O) groups is 4. The molecule has 8 N–H and O–H groups in total. The van der Waals surface area contributed by atoms with Gasteiger partial charge in [-0.2, -0.15) is 8.42 Å². The van der Waals surface area contributed by atoms with E-state index >= 15 is 0 Å². The second-order valence-corrected chi connectivity index (χ2v) is 6.05. The molecule has 0 saturated carbocycles. The molecule has 13 heteroatoms. The first-order valence-corrected chi connectivity index (χ1v) is 7.60. The summed E-state index contributed by atoms with van der Waals surface area (Å²) >= 11 is 0. The van der Waals surface area contributed by atoms with Crippen LogP contribution in [0.4, 0.5) is 0 Å². The van der Waals surface area contributed by atoms with E-state index < -0.39 is 70.5 Å². The zero-order valence-corrected chi connectivity index (χ0v) is 12.5. The fourth-order valence-electron chi connectivity index (χ4n) is 1.56. The largest absolute Gasteiger partial charge is 0.481 e. The lowest BCUT2D eigenvalue weighted by molar-refractivity contribution is -0.138. The molecule has 0 aliphatic heterocycles. The molecule has 0 rings (SSSR count). The molecule has 0 heterocycles. The molecule has 0 saturated heterocycles. The third kappa shape index (κ3) is 7.14. The average Bonchev–Trinajstić information content (AvgIpc) is 2.40. The van der Waals surface area contributed by atoms with Crippen molar-refractivity contribution in [1.82, 2.24) is 5.32 Å². The topological polar surface area (TPSA) is 227 Å². The zero-order valence-electron chi connectivity index (χ0n) is 11.7. The van der Waals surface area contributed by atoms with Gasteiger partial charge in [0, 0.05) is 6.42 Å². The molecule has 0 aromatic heterocycles. The van der Waals surface area contributed by atoms with E-state index in [4.69, 9.17) is 26.2 Å². The lowest BCUT2D eigenvalue weighted by Gasteiger charge is -2.22. The van der Waals surface area contributed by atoms with Gasteiger partial charge in [-0.1, -0.05) is 0 Å². The van der Waals surface area contributed by atoms with Gasteiger partial charge in [0.15, 0.2) is 11.0 Å². The maximum absolute atomic E-state index is 12.0. The molecule has 1 amide bonds. The van der Waals surface area contributed by atoms with E-state index in [1.807, 2.05) is 0 Å². The first-order valence-electron chi connectivity index (χ1n) is 6.10. The van der Waals surface area contributed by atoms with E-state index in [9.17, 15) is 27.6 Å². The normalized spacial score (nSPS) is 15.3. The number of carboxylic acid groups (broad SMARTS) is 2. The highest BCUT2D eigenvalue weighted by molar-refractivity contribution is 7.87. The SMILES string of the molecule is N[C@H](C(=O)NCC(=O)O)C(C(=O)[C@@H](N)CCC(=O)O)S(=O)(=O)O. The maximum Gasteiger partial charge on any atom is 0.322 e. The molecular weight excluding hydrogens is 338 g/mol. The van der Waals surface area contributed by atoms with Crippen molar-refractivity contribution in [3.8, 4) is 0 Å². The van der Waals surface area contributed by atoms with E-state index in [1.54, 1.807) is 5.32 Å². The number of hydrogen-bond acceptors (Lipinski definition) is 8. The van der Waals surface area contributed by atoms with Gasteiger partial charge in [0.2, 0.25) is 5.91 Å². The average molecular weight is 355 g/mol. The van der Waals surface area contributed by atoms with Crippen LogP contribution >= 0.6 is 0 Å². The van der Waals surface area contributed by atoms with Gasteiger partial charge in [0.05, 0.1) is 6.04 Å². The lowest BCUT2D eigenvalue weighted by atomic mass is 10.0. The van der Waals surface area contributed by atoms with E-state index in [0.29, 0.717) is 0 Å². The Morgan fingerprint density at radius 1 is 1.04 bits per heavy atom. The van der Waals surface area contributed by atoms with Crippen molar-refractivity contribution < 1.29 is 42.4 Å². The van der Waals surface area contributed by atoms with Crippen molar-refractivity contribution in [3.63, 3.8) is 0 Å². The second-order valence-electron chi connectivity index (χ2n) is 4.51. The van der Waals surface area contributed by atoms with Gasteiger partial charge in [-0.3, -0.25) is 23.7 Å². The number of carbonyl (C=O) groups excluding carboxylic acids is 2. The van der Waals surface area contributed by atoms with Crippen molar-refractivity contribution in [2.75, 3.05) is 6.54 Å². The summed E-state index contributed by atoms with van der Waals surface area (Å²) in [6.45, 7) is -0.885. The minimum atomic E-state index is -5.14. The minimum absolute atomic E-state index is 0.441. The monoisotopic (exact) mass is 355 g/mol. The van der Waals surface area contributed by atoms with Crippen LogP contribution in [-0.4, -0.2) is 70.7 Å². The number of amides is 1. The van der Waals surface area contributed by atoms with Crippen LogP contribution in [0.5, 0.6) is 0 Å². The number of Topliss-reactive ketones (excluding diaryl/α,β-unsaturated/α-hetero) is 1. The summed E-state index contributed by atoms with van der Waals surface area (Å²) in [5.41, 5.74) is 10.6. The Morgan fingerprint density at radius 3 is 1.96 bits per heavy atom. The number of rotatable bonds is 10. The van der Waals surface area contributed by atoms with E-state index in [1.165, 1.54) is 0 Å². The van der Waals surface area contributed by atoms with Gasteiger partial charge in [0.1, 0.15) is 12.6 Å². The smallest absolute Gasteiger partial charge is 0.322 e. The number of hydrogen-bond donors (Lipinski definition) is 6. The number of nitrogens with one attached hydrogen (secondary N) is 1. The van der Waals surface area contributed by atoms with Crippen LogP contribution in [0.15, 0.2) is 0 Å². The lowest BCUT2D eigenvalue weighted by Crippen LogP contribution is -2.58. The Bertz CT molecular complexity index is 588. The molecule has 0 aliphatic carbocycles. The van der Waals surface area contributed by atoms with Gasteiger partial charge < -0.3 is 27.0 Å². The predicted molar refractivity (Wildman–Crippen MR) is 73.8 cm³/mol. The van der Waals surface area contributed by atoms with Crippen LogP contribution in [-0.2, 0) is 29.3 Å². The van der Waals surface area contributed by atoms with Crippen LogP contribution in [0, 0.1) is 0 Å². The third-order valence-corrected chi connectivity index (χ3v) is 3.85. The predicted octanol–water partition coefficient (Wildman–Crippen LogP) is -3.47. The Hall–Kier alpha value is -2.09. The Balaban J connectivity index is 5.22. The summed E-state index contributed by atoms with van der Waals surface area (Å²) in [6.07, 6.45) is -0.991. The molecule has 0 aromatic rings. The van der Waals surface area contributed by atoms with E-state index in [0.717, 1.165) is 0 Å². The van der Waals surface area contributed by atoms with Gasteiger partial charge in [0.25, 0.3) is 10.1 Å². The fraction of sp³-hybridized carbons (Fsp3) is 0.600. The van der Waals surface area contributed by atoms with Crippen molar-refractivity contribution in [3.05, 3.63) is 0 Å². The van der Waals surface area contributed by atoms with E-state index in [2.05, 4.69) is 0 Å². The highest BCUT2D eigenvalue weighted by atomic mass is 32.2. The molecule has 12 nitrogen and oxygen atoms in total. The Kier molecular flexibility index (Phi) is 7.74. The number of nitrogens with two attached hydrogens (primary N) is 2. The maximum atomic E-state index is 12.0. The summed E-state index contributed by atoms with van der Waals surface area (Å²) in [5, 5.41) is 16.2.